The minimum atomic E-state index is 0.313. The number of nitrogens with one attached hydrogen (secondary N) is 1. The SMILES string of the molecule is Cc1cn2c(CN[C@H](C)[C@@H](C)n3cccn3)c(C)nc2s1. The van der Waals surface area contributed by atoms with Crippen LogP contribution in [0.3, 0.4) is 0 Å². The van der Waals surface area contributed by atoms with Crippen molar-refractivity contribution < 1.29 is 0 Å². The third-order valence-corrected chi connectivity index (χ3v) is 4.90. The van der Waals surface area contributed by atoms with E-state index in [1.54, 1.807) is 11.3 Å². The summed E-state index contributed by atoms with van der Waals surface area (Å²) >= 11 is 1.74. The van der Waals surface area contributed by atoms with Crippen molar-refractivity contribution in [1.29, 1.82) is 0 Å². The van der Waals surface area contributed by atoms with E-state index in [-0.39, 0.29) is 0 Å². The summed E-state index contributed by atoms with van der Waals surface area (Å²) in [7, 11) is 0. The van der Waals surface area contributed by atoms with Crippen molar-refractivity contribution in [2.75, 3.05) is 0 Å². The molecule has 0 bridgehead atoms. The van der Waals surface area contributed by atoms with Crippen LogP contribution in [0.1, 0.15) is 36.2 Å². The third kappa shape index (κ3) is 2.73. The zero-order valence-electron chi connectivity index (χ0n) is 12.9. The van der Waals surface area contributed by atoms with Crippen molar-refractivity contribution in [2.24, 2.45) is 0 Å². The van der Waals surface area contributed by atoms with Crippen LogP contribution in [0, 0.1) is 13.8 Å². The van der Waals surface area contributed by atoms with E-state index in [2.05, 4.69) is 53.7 Å². The van der Waals surface area contributed by atoms with Crippen LogP contribution in [0.4, 0.5) is 0 Å². The van der Waals surface area contributed by atoms with Gasteiger partial charge in [0.25, 0.3) is 0 Å². The Hall–Kier alpha value is -1.66. The molecular formula is C15H21N5S. The van der Waals surface area contributed by atoms with Crippen molar-refractivity contribution in [3.05, 3.63) is 40.9 Å². The third-order valence-electron chi connectivity index (χ3n) is 4.00. The molecule has 0 saturated carbocycles. The molecule has 0 unspecified atom stereocenters. The standard InChI is InChI=1S/C15H21N5S/c1-10-9-19-14(12(3)18-15(19)21-10)8-16-11(2)13(4)20-7-5-6-17-20/h5-7,9,11,13,16H,8H2,1-4H3/t11-,13-/m1/s1. The molecule has 0 spiro atoms. The quantitative estimate of drug-likeness (QED) is 0.788. The first kappa shape index (κ1) is 14.3. The van der Waals surface area contributed by atoms with Gasteiger partial charge in [-0.2, -0.15) is 5.10 Å². The summed E-state index contributed by atoms with van der Waals surface area (Å²) in [6.07, 6.45) is 5.99. The van der Waals surface area contributed by atoms with Crippen LogP contribution >= 0.6 is 11.3 Å². The Labute approximate surface area is 128 Å². The van der Waals surface area contributed by atoms with Gasteiger partial charge in [0.2, 0.25) is 0 Å². The van der Waals surface area contributed by atoms with Crippen molar-refractivity contribution >= 4 is 16.3 Å². The number of aryl methyl sites for hydroxylation is 2. The van der Waals surface area contributed by atoms with Crippen molar-refractivity contribution in [3.8, 4) is 0 Å². The van der Waals surface area contributed by atoms with E-state index in [1.807, 2.05) is 23.1 Å². The van der Waals surface area contributed by atoms with Gasteiger partial charge >= 0.3 is 0 Å². The highest BCUT2D eigenvalue weighted by atomic mass is 32.1. The Morgan fingerprint density at radius 1 is 1.33 bits per heavy atom. The molecule has 0 fully saturated rings. The Balaban J connectivity index is 1.72. The maximum absolute atomic E-state index is 4.63. The molecule has 21 heavy (non-hydrogen) atoms. The lowest BCUT2D eigenvalue weighted by Crippen LogP contribution is -2.34. The number of rotatable bonds is 5. The highest BCUT2D eigenvalue weighted by molar-refractivity contribution is 7.17. The molecule has 3 rings (SSSR count). The summed E-state index contributed by atoms with van der Waals surface area (Å²) in [5, 5.41) is 7.91. The molecule has 0 aromatic carbocycles. The highest BCUT2D eigenvalue weighted by Crippen LogP contribution is 2.21. The van der Waals surface area contributed by atoms with Crippen LogP contribution in [0.25, 0.3) is 4.96 Å². The molecule has 0 saturated heterocycles. The topological polar surface area (TPSA) is 47.1 Å². The summed E-state index contributed by atoms with van der Waals surface area (Å²) in [5.41, 5.74) is 2.35. The first-order valence-corrected chi connectivity index (χ1v) is 8.04. The largest absolute Gasteiger partial charge is 0.307 e. The fraction of sp³-hybridized carbons (Fsp3) is 0.467. The molecular weight excluding hydrogens is 282 g/mol. The van der Waals surface area contributed by atoms with Gasteiger partial charge in [-0.1, -0.05) is 0 Å². The average molecular weight is 303 g/mol. The predicted octanol–water partition coefficient (Wildman–Crippen LogP) is 2.95. The van der Waals surface area contributed by atoms with E-state index in [4.69, 9.17) is 0 Å². The molecule has 3 heterocycles. The van der Waals surface area contributed by atoms with E-state index in [9.17, 15) is 0 Å². The molecule has 6 heteroatoms. The van der Waals surface area contributed by atoms with E-state index < -0.39 is 0 Å². The molecule has 112 valence electrons. The lowest BCUT2D eigenvalue weighted by atomic mass is 10.1. The lowest BCUT2D eigenvalue weighted by Gasteiger charge is -2.21. The zero-order chi connectivity index (χ0) is 15.0. The number of imidazole rings is 1. The van der Waals surface area contributed by atoms with Gasteiger partial charge in [-0.15, -0.1) is 11.3 Å². The molecule has 1 N–H and O–H groups in total. The molecule has 0 aliphatic heterocycles. The first-order chi connectivity index (χ1) is 10.1. The number of hydrogen-bond donors (Lipinski definition) is 1. The van der Waals surface area contributed by atoms with E-state index in [0.717, 1.165) is 17.2 Å². The summed E-state index contributed by atoms with van der Waals surface area (Å²) in [6.45, 7) is 9.38. The highest BCUT2D eigenvalue weighted by Gasteiger charge is 2.16. The van der Waals surface area contributed by atoms with Crippen LogP contribution in [0.5, 0.6) is 0 Å². The molecule has 0 amide bonds. The van der Waals surface area contributed by atoms with Gasteiger partial charge < -0.3 is 5.32 Å². The van der Waals surface area contributed by atoms with Crippen LogP contribution in [-0.2, 0) is 6.54 Å². The average Bonchev–Trinajstić information content (AvgIpc) is 3.12. The number of hydrogen-bond acceptors (Lipinski definition) is 4. The molecule has 0 aliphatic rings. The molecule has 0 radical (unpaired) electrons. The van der Waals surface area contributed by atoms with Gasteiger partial charge in [0, 0.05) is 36.1 Å². The van der Waals surface area contributed by atoms with Crippen LogP contribution in [0.15, 0.2) is 24.7 Å². The number of nitrogens with zero attached hydrogens (tertiary/aromatic N) is 4. The Morgan fingerprint density at radius 3 is 2.86 bits per heavy atom. The minimum absolute atomic E-state index is 0.313. The van der Waals surface area contributed by atoms with Crippen molar-refractivity contribution in [2.45, 2.75) is 46.3 Å². The van der Waals surface area contributed by atoms with Gasteiger partial charge in [-0.05, 0) is 33.8 Å². The van der Waals surface area contributed by atoms with E-state index in [1.165, 1.54) is 10.6 Å². The zero-order valence-corrected chi connectivity index (χ0v) is 13.7. The van der Waals surface area contributed by atoms with E-state index >= 15 is 0 Å². The van der Waals surface area contributed by atoms with E-state index in [0.29, 0.717) is 12.1 Å². The second-order valence-electron chi connectivity index (χ2n) is 5.53. The van der Waals surface area contributed by atoms with Crippen molar-refractivity contribution in [1.82, 2.24) is 24.5 Å². The number of aromatic nitrogens is 4. The summed E-state index contributed by atoms with van der Waals surface area (Å²) < 4.78 is 4.19. The lowest BCUT2D eigenvalue weighted by molar-refractivity contribution is 0.363. The van der Waals surface area contributed by atoms with Crippen LogP contribution < -0.4 is 5.32 Å². The first-order valence-electron chi connectivity index (χ1n) is 7.22. The monoisotopic (exact) mass is 303 g/mol. The Kier molecular flexibility index (Phi) is 3.82. The van der Waals surface area contributed by atoms with Gasteiger partial charge in [-0.25, -0.2) is 4.98 Å². The Morgan fingerprint density at radius 2 is 2.14 bits per heavy atom. The maximum atomic E-state index is 4.63. The van der Waals surface area contributed by atoms with Crippen molar-refractivity contribution in [3.63, 3.8) is 0 Å². The van der Waals surface area contributed by atoms with Crippen LogP contribution in [-0.4, -0.2) is 25.2 Å². The maximum Gasteiger partial charge on any atom is 0.194 e. The molecule has 0 aliphatic carbocycles. The van der Waals surface area contributed by atoms with Gasteiger partial charge in [0.15, 0.2) is 4.96 Å². The fourth-order valence-electron chi connectivity index (χ4n) is 2.50. The fourth-order valence-corrected chi connectivity index (χ4v) is 3.39. The van der Waals surface area contributed by atoms with Gasteiger partial charge in [-0.3, -0.25) is 9.08 Å². The van der Waals surface area contributed by atoms with Crippen LogP contribution in [0.2, 0.25) is 0 Å². The number of fused-ring (bicyclic) bond motifs is 1. The second kappa shape index (κ2) is 5.61. The molecule has 2 atom stereocenters. The smallest absolute Gasteiger partial charge is 0.194 e. The summed E-state index contributed by atoms with van der Waals surface area (Å²) in [4.78, 5) is 7.00. The second-order valence-corrected chi connectivity index (χ2v) is 6.75. The summed E-state index contributed by atoms with van der Waals surface area (Å²) in [6, 6.07) is 2.60. The van der Waals surface area contributed by atoms with Gasteiger partial charge in [0.1, 0.15) is 0 Å². The molecule has 3 aromatic heterocycles. The van der Waals surface area contributed by atoms with Gasteiger partial charge in [0.05, 0.1) is 17.4 Å². The predicted molar refractivity (Wildman–Crippen MR) is 85.8 cm³/mol. The Bertz CT molecular complexity index is 725. The molecule has 3 aromatic rings. The minimum Gasteiger partial charge on any atom is -0.307 e. The summed E-state index contributed by atoms with van der Waals surface area (Å²) in [5.74, 6) is 0. The molecule has 5 nitrogen and oxygen atoms in total. The number of thiazole rings is 1. The normalized spacial score (nSPS) is 14.7.